The highest BCUT2D eigenvalue weighted by Gasteiger charge is 2.36. The van der Waals surface area contributed by atoms with Gasteiger partial charge in [-0.2, -0.15) is 0 Å². The van der Waals surface area contributed by atoms with Crippen LogP contribution in [0.15, 0.2) is 71.4 Å². The Balaban J connectivity index is 1.43. The van der Waals surface area contributed by atoms with E-state index < -0.39 is 17.7 Å². The number of benzene rings is 2. The Bertz CT molecular complexity index is 1200. The molecule has 0 unspecified atom stereocenters. The molecule has 9 heteroatoms. The molecule has 154 valence electrons. The van der Waals surface area contributed by atoms with Crippen molar-refractivity contribution >= 4 is 64.1 Å². The molecule has 1 aliphatic heterocycles. The van der Waals surface area contributed by atoms with Gasteiger partial charge in [-0.25, -0.2) is 4.90 Å². The van der Waals surface area contributed by atoms with Crippen LogP contribution in [0.1, 0.15) is 26.5 Å². The molecule has 0 atom stereocenters. The van der Waals surface area contributed by atoms with Crippen molar-refractivity contribution in [3.63, 3.8) is 0 Å². The molecule has 0 saturated carbocycles. The van der Waals surface area contributed by atoms with Crippen molar-refractivity contribution in [2.75, 3.05) is 10.2 Å². The van der Waals surface area contributed by atoms with E-state index in [4.69, 9.17) is 28.2 Å². The first kappa shape index (κ1) is 20.5. The minimum atomic E-state index is -0.451. The number of nitrogens with one attached hydrogen (secondary N) is 2. The van der Waals surface area contributed by atoms with Crippen LogP contribution in [0.4, 0.5) is 11.4 Å². The Morgan fingerprint density at radius 3 is 2.35 bits per heavy atom. The number of anilines is 2. The van der Waals surface area contributed by atoms with Gasteiger partial charge in [0.2, 0.25) is 5.91 Å². The quantitative estimate of drug-likeness (QED) is 0.350. The topological polar surface area (TPSA) is 91.7 Å². The van der Waals surface area contributed by atoms with Crippen molar-refractivity contribution in [1.82, 2.24) is 5.32 Å². The van der Waals surface area contributed by atoms with Gasteiger partial charge in [0, 0.05) is 6.08 Å². The van der Waals surface area contributed by atoms with E-state index in [1.165, 1.54) is 24.5 Å². The third-order valence-electron chi connectivity index (χ3n) is 4.43. The number of hydrogen-bond donors (Lipinski definition) is 2. The zero-order chi connectivity index (χ0) is 22.0. The molecule has 2 aromatic carbocycles. The molecule has 0 fully saturated rings. The highest BCUT2D eigenvalue weighted by atomic mass is 35.5. The number of furan rings is 1. The lowest BCUT2D eigenvalue weighted by molar-refractivity contribution is -0.115. The molecular weight excluding hydrogens is 438 g/mol. The van der Waals surface area contributed by atoms with Gasteiger partial charge in [-0.1, -0.05) is 23.7 Å². The second-order valence-corrected chi connectivity index (χ2v) is 7.26. The zero-order valence-corrected chi connectivity index (χ0v) is 17.4. The molecule has 31 heavy (non-hydrogen) atoms. The number of halogens is 1. The first-order valence-electron chi connectivity index (χ1n) is 9.05. The van der Waals surface area contributed by atoms with Crippen LogP contribution in [-0.2, 0) is 4.79 Å². The van der Waals surface area contributed by atoms with Crippen LogP contribution < -0.4 is 15.5 Å². The summed E-state index contributed by atoms with van der Waals surface area (Å²) in [7, 11) is 0. The molecule has 0 bridgehead atoms. The average Bonchev–Trinajstić information content (AvgIpc) is 3.35. The van der Waals surface area contributed by atoms with Crippen molar-refractivity contribution in [2.24, 2.45) is 0 Å². The van der Waals surface area contributed by atoms with Gasteiger partial charge >= 0.3 is 0 Å². The number of nitrogens with zero attached hydrogens (tertiary/aromatic N) is 1. The molecule has 0 radical (unpaired) electrons. The number of carbonyl (C=O) groups excluding carboxylic acids is 3. The van der Waals surface area contributed by atoms with E-state index in [1.54, 1.807) is 48.5 Å². The van der Waals surface area contributed by atoms with Crippen LogP contribution in [0.2, 0.25) is 5.02 Å². The van der Waals surface area contributed by atoms with Gasteiger partial charge in [0.25, 0.3) is 11.8 Å². The van der Waals surface area contributed by atoms with Crippen LogP contribution in [-0.4, -0.2) is 22.8 Å². The normalized spacial score (nSPS) is 12.9. The third kappa shape index (κ3) is 4.25. The molecule has 2 N–H and O–H groups in total. The minimum absolute atomic E-state index is 0.0319. The van der Waals surface area contributed by atoms with Gasteiger partial charge in [-0.3, -0.25) is 19.7 Å². The van der Waals surface area contributed by atoms with E-state index in [9.17, 15) is 14.4 Å². The summed E-state index contributed by atoms with van der Waals surface area (Å²) < 4.78 is 5.10. The predicted octanol–water partition coefficient (Wildman–Crippen LogP) is 4.26. The zero-order valence-electron chi connectivity index (χ0n) is 15.8. The summed E-state index contributed by atoms with van der Waals surface area (Å²) >= 11 is 11.4. The summed E-state index contributed by atoms with van der Waals surface area (Å²) in [4.78, 5) is 38.2. The maximum absolute atomic E-state index is 12.6. The van der Waals surface area contributed by atoms with E-state index in [0.717, 1.165) is 4.90 Å². The first-order chi connectivity index (χ1) is 14.9. The maximum Gasteiger partial charge on any atom is 0.266 e. The summed E-state index contributed by atoms with van der Waals surface area (Å²) in [5.74, 6) is -0.750. The van der Waals surface area contributed by atoms with Gasteiger partial charge in [0.05, 0.1) is 33.8 Å². The highest BCUT2D eigenvalue weighted by Crippen LogP contribution is 2.32. The standard InChI is InChI=1S/C22H14ClN3O4S/c23-17-12-13(26-20(28)15-5-1-2-6-16(15)21(26)29)7-9-18(17)24-22(31)25-19(27)10-8-14-4-3-11-30-14/h1-12H,(H2,24,25,27,31)/b10-8+. The van der Waals surface area contributed by atoms with Gasteiger partial charge in [-0.05, 0) is 60.8 Å². The van der Waals surface area contributed by atoms with Crippen LogP contribution in [0, 0.1) is 0 Å². The van der Waals surface area contributed by atoms with Gasteiger partial charge in [-0.15, -0.1) is 0 Å². The Labute approximate surface area is 187 Å². The number of rotatable bonds is 4. The molecule has 0 aliphatic carbocycles. The summed E-state index contributed by atoms with van der Waals surface area (Å²) in [5, 5.41) is 5.55. The number of hydrogen-bond acceptors (Lipinski definition) is 5. The Morgan fingerprint density at radius 2 is 1.74 bits per heavy atom. The SMILES string of the molecule is O=C(/C=C/c1ccco1)NC(=S)Nc1ccc(N2C(=O)c3ccccc3C2=O)cc1Cl. The monoisotopic (exact) mass is 451 g/mol. The molecule has 3 aromatic rings. The second kappa shape index (κ2) is 8.55. The van der Waals surface area contributed by atoms with E-state index in [-0.39, 0.29) is 10.1 Å². The minimum Gasteiger partial charge on any atom is -0.465 e. The average molecular weight is 452 g/mol. The Morgan fingerprint density at radius 1 is 1.03 bits per heavy atom. The van der Waals surface area contributed by atoms with E-state index >= 15 is 0 Å². The molecule has 3 amide bonds. The fraction of sp³-hybridized carbons (Fsp3) is 0. The molecule has 7 nitrogen and oxygen atoms in total. The molecular formula is C22H14ClN3O4S. The van der Waals surface area contributed by atoms with Crippen LogP contribution >= 0.6 is 23.8 Å². The fourth-order valence-electron chi connectivity index (χ4n) is 3.02. The number of imide groups is 1. The van der Waals surface area contributed by atoms with Gasteiger partial charge in [0.15, 0.2) is 5.11 Å². The first-order valence-corrected chi connectivity index (χ1v) is 9.83. The summed E-state index contributed by atoms with van der Waals surface area (Å²) in [6.45, 7) is 0. The van der Waals surface area contributed by atoms with Crippen molar-refractivity contribution < 1.29 is 18.8 Å². The van der Waals surface area contributed by atoms with Gasteiger partial charge < -0.3 is 9.73 Å². The van der Waals surface area contributed by atoms with E-state index in [1.807, 2.05) is 0 Å². The van der Waals surface area contributed by atoms with Crippen molar-refractivity contribution in [3.05, 3.63) is 88.8 Å². The Hall–Kier alpha value is -3.75. The van der Waals surface area contributed by atoms with E-state index in [2.05, 4.69) is 10.6 Å². The number of amides is 3. The maximum atomic E-state index is 12.6. The summed E-state index contributed by atoms with van der Waals surface area (Å²) in [5.41, 5.74) is 1.43. The highest BCUT2D eigenvalue weighted by molar-refractivity contribution is 7.80. The second-order valence-electron chi connectivity index (χ2n) is 6.45. The lowest BCUT2D eigenvalue weighted by Crippen LogP contribution is -2.33. The molecule has 2 heterocycles. The third-order valence-corrected chi connectivity index (χ3v) is 4.95. The molecule has 1 aliphatic rings. The largest absolute Gasteiger partial charge is 0.465 e. The van der Waals surface area contributed by atoms with Crippen LogP contribution in [0.3, 0.4) is 0 Å². The smallest absolute Gasteiger partial charge is 0.266 e. The van der Waals surface area contributed by atoms with Crippen molar-refractivity contribution in [2.45, 2.75) is 0 Å². The lowest BCUT2D eigenvalue weighted by atomic mass is 10.1. The fourth-order valence-corrected chi connectivity index (χ4v) is 3.45. The summed E-state index contributed by atoms with van der Waals surface area (Å²) in [6.07, 6.45) is 4.28. The summed E-state index contributed by atoms with van der Waals surface area (Å²) in [6, 6.07) is 14.6. The molecule has 1 aromatic heterocycles. The van der Waals surface area contributed by atoms with Crippen molar-refractivity contribution in [1.29, 1.82) is 0 Å². The number of thiocarbonyl (C=S) groups is 1. The number of fused-ring (bicyclic) bond motifs is 1. The lowest BCUT2D eigenvalue weighted by Gasteiger charge is -2.16. The van der Waals surface area contributed by atoms with E-state index in [0.29, 0.717) is 28.3 Å². The van der Waals surface area contributed by atoms with Crippen LogP contribution in [0.25, 0.3) is 6.08 Å². The molecule has 0 spiro atoms. The van der Waals surface area contributed by atoms with Crippen LogP contribution in [0.5, 0.6) is 0 Å². The Kier molecular flexibility index (Phi) is 5.66. The molecule has 0 saturated heterocycles. The van der Waals surface area contributed by atoms with Gasteiger partial charge in [0.1, 0.15) is 5.76 Å². The predicted molar refractivity (Wildman–Crippen MR) is 121 cm³/mol. The number of carbonyl (C=O) groups is 3. The molecule has 4 rings (SSSR count). The van der Waals surface area contributed by atoms with Crippen molar-refractivity contribution in [3.8, 4) is 0 Å².